The molecule has 2 N–H and O–H groups in total. The van der Waals surface area contributed by atoms with Crippen LogP contribution in [0.5, 0.6) is 0 Å². The molecule has 1 fully saturated rings. The molecule has 1 aliphatic heterocycles. The molecule has 2 atom stereocenters. The summed E-state index contributed by atoms with van der Waals surface area (Å²) >= 11 is 0. The van der Waals surface area contributed by atoms with Gasteiger partial charge in [-0.15, -0.1) is 0 Å². The quantitative estimate of drug-likeness (QED) is 0.655. The second-order valence-electron chi connectivity index (χ2n) is 4.95. The summed E-state index contributed by atoms with van der Waals surface area (Å²) in [7, 11) is 0. The van der Waals surface area contributed by atoms with E-state index in [2.05, 4.69) is 25.7 Å². The number of Topliss-reactive ketones (excluding diaryl/α,β-unsaturated/α-hetero) is 1. The first-order chi connectivity index (χ1) is 5.82. The summed E-state index contributed by atoms with van der Waals surface area (Å²) in [5.41, 5.74) is 5.90. The molecule has 2 unspecified atom stereocenters. The minimum Gasteiger partial charge on any atom is -0.326 e. The van der Waals surface area contributed by atoms with E-state index in [0.717, 1.165) is 13.0 Å². The molecule has 0 saturated carbocycles. The number of carbonyl (C=O) groups is 1. The Bertz CT molecular complexity index is 207. The molecular formula is C10H20N2O. The van der Waals surface area contributed by atoms with E-state index in [9.17, 15) is 4.79 Å². The summed E-state index contributed by atoms with van der Waals surface area (Å²) in [6.07, 6.45) is 0.812. The van der Waals surface area contributed by atoms with Crippen LogP contribution < -0.4 is 5.73 Å². The van der Waals surface area contributed by atoms with Crippen molar-refractivity contribution in [2.45, 2.75) is 51.7 Å². The maximum Gasteiger partial charge on any atom is 0.146 e. The van der Waals surface area contributed by atoms with Crippen LogP contribution in [0.15, 0.2) is 0 Å². The van der Waals surface area contributed by atoms with Gasteiger partial charge in [-0.1, -0.05) is 0 Å². The van der Waals surface area contributed by atoms with Crippen LogP contribution >= 0.6 is 0 Å². The van der Waals surface area contributed by atoms with Gasteiger partial charge in [0.15, 0.2) is 0 Å². The van der Waals surface area contributed by atoms with E-state index in [1.165, 1.54) is 0 Å². The average Bonchev–Trinajstić information content (AvgIpc) is 2.29. The zero-order valence-corrected chi connectivity index (χ0v) is 9.00. The number of nitrogens with two attached hydrogens (primary N) is 1. The van der Waals surface area contributed by atoms with Gasteiger partial charge in [-0.3, -0.25) is 9.69 Å². The molecule has 0 bridgehead atoms. The predicted molar refractivity (Wildman–Crippen MR) is 53.5 cm³/mol. The third-order valence-electron chi connectivity index (χ3n) is 2.66. The Morgan fingerprint density at radius 1 is 1.46 bits per heavy atom. The van der Waals surface area contributed by atoms with E-state index < -0.39 is 0 Å². The predicted octanol–water partition coefficient (Wildman–Crippen LogP) is 0.775. The van der Waals surface area contributed by atoms with Crippen molar-refractivity contribution in [3.8, 4) is 0 Å². The minimum absolute atomic E-state index is 0.0370. The first-order valence-electron chi connectivity index (χ1n) is 4.85. The number of likely N-dealkylation sites (tertiary alicyclic amines) is 1. The zero-order valence-electron chi connectivity index (χ0n) is 9.00. The molecule has 76 valence electrons. The van der Waals surface area contributed by atoms with Crippen molar-refractivity contribution in [1.82, 2.24) is 4.90 Å². The van der Waals surface area contributed by atoms with Crippen LogP contribution in [0.4, 0.5) is 0 Å². The van der Waals surface area contributed by atoms with Gasteiger partial charge in [-0.2, -0.15) is 0 Å². The summed E-state index contributed by atoms with van der Waals surface area (Å²) in [5, 5.41) is 0. The lowest BCUT2D eigenvalue weighted by molar-refractivity contribution is -0.122. The van der Waals surface area contributed by atoms with E-state index in [-0.39, 0.29) is 23.4 Å². The van der Waals surface area contributed by atoms with Crippen LogP contribution in [0.1, 0.15) is 34.1 Å². The summed E-state index contributed by atoms with van der Waals surface area (Å²) in [4.78, 5) is 13.6. The Balaban J connectivity index is 2.78. The van der Waals surface area contributed by atoms with Gasteiger partial charge in [0.25, 0.3) is 0 Å². The molecule has 0 amide bonds. The molecule has 0 aromatic carbocycles. The molecule has 1 heterocycles. The Hall–Kier alpha value is -0.410. The Morgan fingerprint density at radius 3 is 2.31 bits per heavy atom. The maximum atomic E-state index is 11.4. The van der Waals surface area contributed by atoms with Gasteiger partial charge in [-0.05, 0) is 34.1 Å². The van der Waals surface area contributed by atoms with Crippen molar-refractivity contribution < 1.29 is 4.79 Å². The average molecular weight is 184 g/mol. The molecule has 0 spiro atoms. The van der Waals surface area contributed by atoms with Crippen LogP contribution in [0.2, 0.25) is 0 Å². The second-order valence-corrected chi connectivity index (χ2v) is 4.95. The molecule has 1 rings (SSSR count). The number of hydrogen-bond acceptors (Lipinski definition) is 3. The minimum atomic E-state index is 0.0370. The lowest BCUT2D eigenvalue weighted by atomic mass is 10.0. The van der Waals surface area contributed by atoms with Crippen molar-refractivity contribution >= 4 is 5.78 Å². The lowest BCUT2D eigenvalue weighted by Gasteiger charge is -2.35. The largest absolute Gasteiger partial charge is 0.326 e. The molecule has 0 aromatic rings. The SMILES string of the molecule is CC(=O)C1CC(N)CN1C(C)(C)C. The van der Waals surface area contributed by atoms with Gasteiger partial charge < -0.3 is 5.73 Å². The van der Waals surface area contributed by atoms with Crippen molar-refractivity contribution in [3.63, 3.8) is 0 Å². The van der Waals surface area contributed by atoms with Crippen LogP contribution in [0.25, 0.3) is 0 Å². The van der Waals surface area contributed by atoms with Gasteiger partial charge in [0.1, 0.15) is 5.78 Å². The number of nitrogens with zero attached hydrogens (tertiary/aromatic N) is 1. The second kappa shape index (κ2) is 3.39. The molecule has 0 radical (unpaired) electrons. The topological polar surface area (TPSA) is 46.3 Å². The van der Waals surface area contributed by atoms with E-state index in [4.69, 9.17) is 5.73 Å². The number of rotatable bonds is 1. The van der Waals surface area contributed by atoms with Crippen molar-refractivity contribution in [1.29, 1.82) is 0 Å². The van der Waals surface area contributed by atoms with Gasteiger partial charge >= 0.3 is 0 Å². The summed E-state index contributed by atoms with van der Waals surface area (Å²) in [6.45, 7) is 8.87. The Morgan fingerprint density at radius 2 is 2.00 bits per heavy atom. The van der Waals surface area contributed by atoms with Crippen LogP contribution in [-0.4, -0.2) is 34.9 Å². The summed E-state index contributed by atoms with van der Waals surface area (Å²) < 4.78 is 0. The van der Waals surface area contributed by atoms with E-state index >= 15 is 0 Å². The maximum absolute atomic E-state index is 11.4. The normalized spacial score (nSPS) is 30.8. The number of carbonyl (C=O) groups excluding carboxylic acids is 1. The molecule has 13 heavy (non-hydrogen) atoms. The standard InChI is InChI=1S/C10H20N2O/c1-7(13)9-5-8(11)6-12(9)10(2,3)4/h8-9H,5-6,11H2,1-4H3. The van der Waals surface area contributed by atoms with Gasteiger partial charge in [0.2, 0.25) is 0 Å². The third kappa shape index (κ3) is 2.29. The molecule has 1 aliphatic rings. The van der Waals surface area contributed by atoms with E-state index in [1.54, 1.807) is 6.92 Å². The zero-order chi connectivity index (χ0) is 10.2. The lowest BCUT2D eigenvalue weighted by Crippen LogP contribution is -2.47. The Labute approximate surface area is 80.3 Å². The summed E-state index contributed by atoms with van der Waals surface area (Å²) in [5.74, 6) is 0.239. The van der Waals surface area contributed by atoms with Gasteiger partial charge in [0.05, 0.1) is 6.04 Å². The molecule has 0 aromatic heterocycles. The van der Waals surface area contributed by atoms with Crippen LogP contribution in [0.3, 0.4) is 0 Å². The molecule has 3 nitrogen and oxygen atoms in total. The highest BCUT2D eigenvalue weighted by Gasteiger charge is 2.38. The highest BCUT2D eigenvalue weighted by molar-refractivity contribution is 5.82. The van der Waals surface area contributed by atoms with Crippen molar-refractivity contribution in [2.75, 3.05) is 6.54 Å². The van der Waals surface area contributed by atoms with Crippen LogP contribution in [0, 0.1) is 0 Å². The molecular weight excluding hydrogens is 164 g/mol. The van der Waals surface area contributed by atoms with Gasteiger partial charge in [-0.25, -0.2) is 0 Å². The fourth-order valence-electron chi connectivity index (χ4n) is 2.00. The Kier molecular flexibility index (Phi) is 2.78. The third-order valence-corrected chi connectivity index (χ3v) is 2.66. The molecule has 0 aliphatic carbocycles. The number of hydrogen-bond donors (Lipinski definition) is 1. The first kappa shape index (κ1) is 10.7. The highest BCUT2D eigenvalue weighted by atomic mass is 16.1. The van der Waals surface area contributed by atoms with Crippen molar-refractivity contribution in [3.05, 3.63) is 0 Å². The fraction of sp³-hybridized carbons (Fsp3) is 0.900. The van der Waals surface area contributed by atoms with Crippen molar-refractivity contribution in [2.24, 2.45) is 5.73 Å². The molecule has 1 saturated heterocycles. The fourth-order valence-corrected chi connectivity index (χ4v) is 2.00. The number of ketones is 1. The molecule has 3 heteroatoms. The summed E-state index contributed by atoms with van der Waals surface area (Å²) in [6, 6.07) is 0.197. The van der Waals surface area contributed by atoms with Crippen LogP contribution in [-0.2, 0) is 4.79 Å². The monoisotopic (exact) mass is 184 g/mol. The smallest absolute Gasteiger partial charge is 0.146 e. The van der Waals surface area contributed by atoms with Gasteiger partial charge in [0, 0.05) is 18.1 Å². The first-order valence-corrected chi connectivity index (χ1v) is 4.85. The van der Waals surface area contributed by atoms with E-state index in [0.29, 0.717) is 0 Å². The highest BCUT2D eigenvalue weighted by Crippen LogP contribution is 2.26. The van der Waals surface area contributed by atoms with E-state index in [1.807, 2.05) is 0 Å².